The smallest absolute Gasteiger partial charge is 0.336 e. The minimum atomic E-state index is -0.510. The van der Waals surface area contributed by atoms with Crippen LogP contribution in [0.5, 0.6) is 11.5 Å². The minimum Gasteiger partial charge on any atom is -0.497 e. The van der Waals surface area contributed by atoms with Gasteiger partial charge in [-0.2, -0.15) is 0 Å². The molecule has 0 spiro atoms. The minimum absolute atomic E-state index is 0.0161. The molecule has 0 saturated heterocycles. The van der Waals surface area contributed by atoms with Crippen LogP contribution in [0.25, 0.3) is 11.0 Å². The molecule has 0 unspecified atom stereocenters. The van der Waals surface area contributed by atoms with Gasteiger partial charge in [-0.3, -0.25) is 4.79 Å². The van der Waals surface area contributed by atoms with E-state index in [9.17, 15) is 9.59 Å². The van der Waals surface area contributed by atoms with Gasteiger partial charge in [-0.1, -0.05) is 17.7 Å². The maximum atomic E-state index is 12.0. The molecule has 27 heavy (non-hydrogen) atoms. The molecule has 0 aliphatic rings. The summed E-state index contributed by atoms with van der Waals surface area (Å²) in [4.78, 5) is 23.7. The summed E-state index contributed by atoms with van der Waals surface area (Å²) in [5.74, 6) is 0.874. The maximum absolute atomic E-state index is 12.0. The van der Waals surface area contributed by atoms with Crippen molar-refractivity contribution in [3.8, 4) is 11.5 Å². The fourth-order valence-electron chi connectivity index (χ4n) is 2.57. The highest BCUT2D eigenvalue weighted by Crippen LogP contribution is 2.23. The van der Waals surface area contributed by atoms with Crippen molar-refractivity contribution >= 4 is 16.9 Å². The van der Waals surface area contributed by atoms with Crippen molar-refractivity contribution in [1.82, 2.24) is 0 Å². The van der Waals surface area contributed by atoms with Gasteiger partial charge in [0.2, 0.25) is 0 Å². The Bertz CT molecular complexity index is 988. The predicted octanol–water partition coefficient (Wildman–Crippen LogP) is 3.62. The van der Waals surface area contributed by atoms with E-state index in [1.165, 1.54) is 13.2 Å². The van der Waals surface area contributed by atoms with E-state index in [1.54, 1.807) is 18.2 Å². The summed E-state index contributed by atoms with van der Waals surface area (Å²) in [6, 6.07) is 14.0. The van der Waals surface area contributed by atoms with Crippen molar-refractivity contribution in [2.75, 3.05) is 13.7 Å². The van der Waals surface area contributed by atoms with Crippen molar-refractivity contribution < 1.29 is 23.4 Å². The zero-order valence-electron chi connectivity index (χ0n) is 15.2. The lowest BCUT2D eigenvalue weighted by atomic mass is 10.1. The van der Waals surface area contributed by atoms with Gasteiger partial charge in [-0.05, 0) is 31.2 Å². The zero-order valence-corrected chi connectivity index (χ0v) is 15.2. The van der Waals surface area contributed by atoms with Gasteiger partial charge in [-0.25, -0.2) is 4.79 Å². The lowest BCUT2D eigenvalue weighted by Gasteiger charge is -2.09. The van der Waals surface area contributed by atoms with Gasteiger partial charge < -0.3 is 18.6 Å². The van der Waals surface area contributed by atoms with E-state index in [0.29, 0.717) is 28.0 Å². The first-order chi connectivity index (χ1) is 13.0. The summed E-state index contributed by atoms with van der Waals surface area (Å²) in [6.45, 7) is 2.19. The lowest BCUT2D eigenvalue weighted by molar-refractivity contribution is -0.145. The number of benzene rings is 2. The van der Waals surface area contributed by atoms with E-state index in [-0.39, 0.29) is 19.6 Å². The summed E-state index contributed by atoms with van der Waals surface area (Å²) < 4.78 is 21.1. The summed E-state index contributed by atoms with van der Waals surface area (Å²) in [5.41, 5.74) is 1.59. The molecule has 0 aliphatic carbocycles. The van der Waals surface area contributed by atoms with E-state index in [1.807, 2.05) is 31.2 Å². The molecule has 6 heteroatoms. The van der Waals surface area contributed by atoms with Crippen molar-refractivity contribution in [2.24, 2.45) is 0 Å². The van der Waals surface area contributed by atoms with Gasteiger partial charge in [0.05, 0.1) is 20.1 Å². The maximum Gasteiger partial charge on any atom is 0.336 e. The molecule has 0 saturated carbocycles. The molecule has 0 radical (unpaired) electrons. The summed E-state index contributed by atoms with van der Waals surface area (Å²) in [7, 11) is 1.53. The molecule has 0 fully saturated rings. The number of rotatable bonds is 7. The van der Waals surface area contributed by atoms with Crippen molar-refractivity contribution in [1.29, 1.82) is 0 Å². The zero-order chi connectivity index (χ0) is 19.2. The number of hydrogen-bond acceptors (Lipinski definition) is 6. The number of carbonyl (C=O) groups is 1. The average Bonchev–Trinajstić information content (AvgIpc) is 2.67. The largest absolute Gasteiger partial charge is 0.497 e. The Morgan fingerprint density at radius 2 is 1.78 bits per heavy atom. The van der Waals surface area contributed by atoms with Crippen LogP contribution >= 0.6 is 0 Å². The molecule has 2 aromatic carbocycles. The second kappa shape index (κ2) is 8.40. The molecule has 3 aromatic rings. The normalized spacial score (nSPS) is 10.6. The first-order valence-electron chi connectivity index (χ1n) is 8.51. The van der Waals surface area contributed by atoms with Gasteiger partial charge in [0, 0.05) is 23.1 Å². The lowest BCUT2D eigenvalue weighted by Crippen LogP contribution is -2.11. The first-order valence-corrected chi connectivity index (χ1v) is 8.51. The predicted molar refractivity (Wildman–Crippen MR) is 100 cm³/mol. The third kappa shape index (κ3) is 4.88. The van der Waals surface area contributed by atoms with Crippen LogP contribution in [0.3, 0.4) is 0 Å². The molecule has 0 bridgehead atoms. The van der Waals surface area contributed by atoms with Crippen LogP contribution < -0.4 is 15.1 Å². The highest BCUT2D eigenvalue weighted by atomic mass is 16.5. The topological polar surface area (TPSA) is 75.0 Å². The summed E-state index contributed by atoms with van der Waals surface area (Å²) in [6.07, 6.45) is 0.112. The molecule has 0 N–H and O–H groups in total. The van der Waals surface area contributed by atoms with Gasteiger partial charge in [-0.15, -0.1) is 0 Å². The van der Waals surface area contributed by atoms with Crippen molar-refractivity contribution in [2.45, 2.75) is 20.0 Å². The van der Waals surface area contributed by atoms with Gasteiger partial charge in [0.25, 0.3) is 0 Å². The molecule has 140 valence electrons. The number of methoxy groups -OCH3 is 1. The highest BCUT2D eigenvalue weighted by Gasteiger charge is 2.10. The Kier molecular flexibility index (Phi) is 5.76. The van der Waals surface area contributed by atoms with Crippen molar-refractivity contribution in [3.05, 3.63) is 70.1 Å². The number of hydrogen-bond donors (Lipinski definition) is 0. The number of fused-ring (bicyclic) bond motifs is 1. The Morgan fingerprint density at radius 3 is 2.52 bits per heavy atom. The summed E-state index contributed by atoms with van der Waals surface area (Å²) >= 11 is 0. The van der Waals surface area contributed by atoms with E-state index >= 15 is 0 Å². The number of carbonyl (C=O) groups excluding carboxylic acids is 1. The average molecular weight is 368 g/mol. The summed E-state index contributed by atoms with van der Waals surface area (Å²) in [5, 5.41) is 0.694. The van der Waals surface area contributed by atoms with Crippen LogP contribution in [0.1, 0.15) is 17.5 Å². The van der Waals surface area contributed by atoms with Crippen LogP contribution in [0.2, 0.25) is 0 Å². The molecule has 0 atom stereocenters. The Balaban J connectivity index is 1.58. The van der Waals surface area contributed by atoms with Crippen LogP contribution in [-0.2, 0) is 16.1 Å². The standard InChI is InChI=1S/C21H20O6/c1-14-3-5-16(6-4-14)25-10-9-20(22)26-13-15-11-21(23)27-19-12-17(24-2)7-8-18(15)19/h3-8,11-12H,9-10,13H2,1-2H3. The van der Waals surface area contributed by atoms with Gasteiger partial charge in [0.15, 0.2) is 0 Å². The van der Waals surface area contributed by atoms with E-state index in [4.69, 9.17) is 18.6 Å². The number of esters is 1. The quantitative estimate of drug-likeness (QED) is 0.468. The molecule has 1 aromatic heterocycles. The van der Waals surface area contributed by atoms with E-state index < -0.39 is 11.6 Å². The van der Waals surface area contributed by atoms with Gasteiger partial charge >= 0.3 is 11.6 Å². The molecular formula is C21H20O6. The molecular weight excluding hydrogens is 348 g/mol. The Hall–Kier alpha value is -3.28. The van der Waals surface area contributed by atoms with Crippen LogP contribution in [0.4, 0.5) is 0 Å². The van der Waals surface area contributed by atoms with Crippen molar-refractivity contribution in [3.63, 3.8) is 0 Å². The third-order valence-electron chi connectivity index (χ3n) is 4.02. The first kappa shape index (κ1) is 18.5. The Morgan fingerprint density at radius 1 is 1.04 bits per heavy atom. The Labute approximate surface area is 156 Å². The van der Waals surface area contributed by atoms with Gasteiger partial charge in [0.1, 0.15) is 23.7 Å². The molecule has 0 aliphatic heterocycles. The fourth-order valence-corrected chi connectivity index (χ4v) is 2.57. The number of aryl methyl sites for hydroxylation is 1. The van der Waals surface area contributed by atoms with Crippen LogP contribution in [0.15, 0.2) is 57.7 Å². The monoisotopic (exact) mass is 368 g/mol. The van der Waals surface area contributed by atoms with E-state index in [2.05, 4.69) is 0 Å². The SMILES string of the molecule is COc1ccc2c(COC(=O)CCOc3ccc(C)cc3)cc(=O)oc2c1. The number of ether oxygens (including phenoxy) is 3. The molecule has 3 rings (SSSR count). The highest BCUT2D eigenvalue weighted by molar-refractivity contribution is 5.81. The third-order valence-corrected chi connectivity index (χ3v) is 4.02. The van der Waals surface area contributed by atoms with Crippen LogP contribution in [0, 0.1) is 6.92 Å². The van der Waals surface area contributed by atoms with Crippen LogP contribution in [-0.4, -0.2) is 19.7 Å². The fraction of sp³-hybridized carbons (Fsp3) is 0.238. The second-order valence-electron chi connectivity index (χ2n) is 6.02. The second-order valence-corrected chi connectivity index (χ2v) is 6.02. The van der Waals surface area contributed by atoms with E-state index in [0.717, 1.165) is 5.56 Å². The molecule has 1 heterocycles. The molecule has 6 nitrogen and oxygen atoms in total. The molecule has 0 amide bonds.